The Kier molecular flexibility index (Phi) is 4.55. The van der Waals surface area contributed by atoms with E-state index < -0.39 is 5.60 Å². The average molecular weight is 287 g/mol. The second kappa shape index (κ2) is 6.20. The van der Waals surface area contributed by atoms with Gasteiger partial charge in [0.25, 0.3) is 5.91 Å². The average Bonchev–Trinajstić information content (AvgIpc) is 2.43. The molecule has 112 valence electrons. The molecule has 5 heteroatoms. The van der Waals surface area contributed by atoms with Crippen LogP contribution in [0.2, 0.25) is 0 Å². The van der Waals surface area contributed by atoms with Crippen LogP contribution in [0.25, 0.3) is 10.9 Å². The van der Waals surface area contributed by atoms with Gasteiger partial charge in [-0.15, -0.1) is 0 Å². The Labute approximate surface area is 124 Å². The monoisotopic (exact) mass is 287 g/mol. The number of para-hydroxylation sites is 1. The molecule has 0 fully saturated rings. The number of amides is 1. The van der Waals surface area contributed by atoms with Crippen molar-refractivity contribution in [2.45, 2.75) is 12.5 Å². The number of nitrogens with one attached hydrogen (secondary N) is 1. The maximum Gasteiger partial charge on any atom is 0.252 e. The molecule has 1 aromatic carbocycles. The molecule has 1 amide bonds. The zero-order valence-electron chi connectivity index (χ0n) is 12.6. The number of hydrogen-bond donors (Lipinski definition) is 2. The van der Waals surface area contributed by atoms with Gasteiger partial charge in [0.05, 0.1) is 16.7 Å². The van der Waals surface area contributed by atoms with Crippen molar-refractivity contribution in [2.24, 2.45) is 0 Å². The molecule has 0 bridgehead atoms. The summed E-state index contributed by atoms with van der Waals surface area (Å²) in [5, 5.41) is 13.8. The molecule has 0 aliphatic heterocycles. The first kappa shape index (κ1) is 15.4. The predicted octanol–water partition coefficient (Wildman–Crippen LogP) is 1.28. The molecule has 1 heterocycles. The Morgan fingerprint density at radius 1 is 1.33 bits per heavy atom. The molecule has 1 unspecified atom stereocenters. The van der Waals surface area contributed by atoms with Crippen LogP contribution in [0.5, 0.6) is 0 Å². The van der Waals surface area contributed by atoms with Gasteiger partial charge in [0, 0.05) is 24.7 Å². The zero-order valence-corrected chi connectivity index (χ0v) is 12.6. The van der Waals surface area contributed by atoms with Gasteiger partial charge in [-0.25, -0.2) is 0 Å². The van der Waals surface area contributed by atoms with E-state index in [9.17, 15) is 9.90 Å². The van der Waals surface area contributed by atoms with Gasteiger partial charge in [0.2, 0.25) is 0 Å². The summed E-state index contributed by atoms with van der Waals surface area (Å²) < 4.78 is 0. The van der Waals surface area contributed by atoms with Crippen LogP contribution < -0.4 is 5.32 Å². The molecule has 0 saturated heterocycles. The van der Waals surface area contributed by atoms with Crippen LogP contribution in [-0.4, -0.2) is 53.7 Å². The van der Waals surface area contributed by atoms with Crippen molar-refractivity contribution in [3.8, 4) is 0 Å². The van der Waals surface area contributed by atoms with Crippen LogP contribution >= 0.6 is 0 Å². The number of carbonyl (C=O) groups excluding carboxylic acids is 1. The highest BCUT2D eigenvalue weighted by Gasteiger charge is 2.22. The molecule has 2 rings (SSSR count). The molecule has 2 aromatic rings. The number of likely N-dealkylation sites (N-methyl/N-ethyl adjacent to an activating group) is 1. The minimum atomic E-state index is -0.970. The first-order chi connectivity index (χ1) is 9.89. The third-order valence-corrected chi connectivity index (χ3v) is 3.18. The lowest BCUT2D eigenvalue weighted by molar-refractivity contribution is 0.0326. The van der Waals surface area contributed by atoms with E-state index >= 15 is 0 Å². The second-order valence-electron chi connectivity index (χ2n) is 5.79. The number of rotatable bonds is 5. The Morgan fingerprint density at radius 2 is 2.05 bits per heavy atom. The predicted molar refractivity (Wildman–Crippen MR) is 83.3 cm³/mol. The normalized spacial score (nSPS) is 14.1. The summed E-state index contributed by atoms with van der Waals surface area (Å²) in [6, 6.07) is 9.20. The van der Waals surface area contributed by atoms with Crippen LogP contribution in [0.1, 0.15) is 17.3 Å². The number of aromatic nitrogens is 1. The third kappa shape index (κ3) is 4.00. The summed E-state index contributed by atoms with van der Waals surface area (Å²) in [5.74, 6) is -0.201. The van der Waals surface area contributed by atoms with Gasteiger partial charge in [-0.3, -0.25) is 9.78 Å². The number of nitrogens with zero attached hydrogens (tertiary/aromatic N) is 2. The van der Waals surface area contributed by atoms with E-state index in [4.69, 9.17) is 0 Å². The number of aliphatic hydroxyl groups is 1. The summed E-state index contributed by atoms with van der Waals surface area (Å²) in [6.07, 6.45) is 1.62. The molecule has 0 aliphatic carbocycles. The lowest BCUT2D eigenvalue weighted by Crippen LogP contribution is -2.47. The van der Waals surface area contributed by atoms with E-state index in [2.05, 4.69) is 10.3 Å². The van der Waals surface area contributed by atoms with Crippen molar-refractivity contribution in [3.63, 3.8) is 0 Å². The SMILES string of the molecule is CN(C)CC(C)(O)CNC(=O)c1ccnc2ccccc12. The molecule has 0 saturated carbocycles. The lowest BCUT2D eigenvalue weighted by atomic mass is 10.1. The van der Waals surface area contributed by atoms with E-state index in [-0.39, 0.29) is 12.5 Å². The lowest BCUT2D eigenvalue weighted by Gasteiger charge is -2.27. The molecule has 0 spiro atoms. The molecule has 1 aromatic heterocycles. The second-order valence-corrected chi connectivity index (χ2v) is 5.79. The third-order valence-electron chi connectivity index (χ3n) is 3.18. The maximum atomic E-state index is 12.3. The van der Waals surface area contributed by atoms with Crippen LogP contribution in [0.3, 0.4) is 0 Å². The maximum absolute atomic E-state index is 12.3. The van der Waals surface area contributed by atoms with Crippen molar-refractivity contribution < 1.29 is 9.90 Å². The first-order valence-electron chi connectivity index (χ1n) is 6.88. The Morgan fingerprint density at radius 3 is 2.76 bits per heavy atom. The molecule has 2 N–H and O–H groups in total. The van der Waals surface area contributed by atoms with E-state index in [0.717, 1.165) is 10.9 Å². The first-order valence-corrected chi connectivity index (χ1v) is 6.88. The van der Waals surface area contributed by atoms with Gasteiger partial charge in [-0.1, -0.05) is 18.2 Å². The van der Waals surface area contributed by atoms with Crippen molar-refractivity contribution >= 4 is 16.8 Å². The van der Waals surface area contributed by atoms with Crippen LogP contribution in [0.15, 0.2) is 36.5 Å². The van der Waals surface area contributed by atoms with Gasteiger partial charge < -0.3 is 15.3 Å². The van der Waals surface area contributed by atoms with Gasteiger partial charge >= 0.3 is 0 Å². The van der Waals surface area contributed by atoms with E-state index in [1.54, 1.807) is 19.2 Å². The van der Waals surface area contributed by atoms with Gasteiger partial charge in [-0.2, -0.15) is 0 Å². The Bertz CT molecular complexity index is 633. The van der Waals surface area contributed by atoms with Crippen LogP contribution in [0.4, 0.5) is 0 Å². The molecule has 0 radical (unpaired) electrons. The van der Waals surface area contributed by atoms with Crippen molar-refractivity contribution in [2.75, 3.05) is 27.2 Å². The van der Waals surface area contributed by atoms with Gasteiger partial charge in [0.1, 0.15) is 0 Å². The molecular weight excluding hydrogens is 266 g/mol. The van der Waals surface area contributed by atoms with Crippen molar-refractivity contribution in [1.82, 2.24) is 15.2 Å². The molecule has 21 heavy (non-hydrogen) atoms. The summed E-state index contributed by atoms with van der Waals surface area (Å²) in [7, 11) is 3.76. The smallest absolute Gasteiger partial charge is 0.252 e. The number of pyridine rings is 1. The van der Waals surface area contributed by atoms with Gasteiger partial charge in [0.15, 0.2) is 0 Å². The summed E-state index contributed by atoms with van der Waals surface area (Å²) in [4.78, 5) is 18.4. The minimum absolute atomic E-state index is 0.195. The van der Waals surface area contributed by atoms with E-state index in [1.807, 2.05) is 43.3 Å². The van der Waals surface area contributed by atoms with Crippen LogP contribution in [0, 0.1) is 0 Å². The number of hydrogen-bond acceptors (Lipinski definition) is 4. The molecular formula is C16H21N3O2. The highest BCUT2D eigenvalue weighted by molar-refractivity contribution is 6.05. The number of fused-ring (bicyclic) bond motifs is 1. The fourth-order valence-electron chi connectivity index (χ4n) is 2.40. The highest BCUT2D eigenvalue weighted by atomic mass is 16.3. The van der Waals surface area contributed by atoms with Crippen LogP contribution in [-0.2, 0) is 0 Å². The van der Waals surface area contributed by atoms with Gasteiger partial charge in [-0.05, 0) is 33.2 Å². The fourth-order valence-corrected chi connectivity index (χ4v) is 2.40. The molecule has 0 aliphatic rings. The quantitative estimate of drug-likeness (QED) is 0.869. The highest BCUT2D eigenvalue weighted by Crippen LogP contribution is 2.16. The zero-order chi connectivity index (χ0) is 15.5. The Hall–Kier alpha value is -1.98. The largest absolute Gasteiger partial charge is 0.387 e. The topological polar surface area (TPSA) is 65.5 Å². The summed E-state index contributed by atoms with van der Waals surface area (Å²) in [5.41, 5.74) is 0.383. The standard InChI is InChI=1S/C16H21N3O2/c1-16(21,11-19(2)3)10-18-15(20)13-8-9-17-14-7-5-4-6-12(13)14/h4-9,21H,10-11H2,1-3H3,(H,18,20). The number of benzene rings is 1. The summed E-state index contributed by atoms with van der Waals surface area (Å²) >= 11 is 0. The van der Waals surface area contributed by atoms with E-state index in [0.29, 0.717) is 12.1 Å². The van der Waals surface area contributed by atoms with E-state index in [1.165, 1.54) is 0 Å². The van der Waals surface area contributed by atoms with Crippen molar-refractivity contribution in [1.29, 1.82) is 0 Å². The fraction of sp³-hybridized carbons (Fsp3) is 0.375. The summed E-state index contributed by atoms with van der Waals surface area (Å²) in [6.45, 7) is 2.38. The van der Waals surface area contributed by atoms with Crippen molar-refractivity contribution in [3.05, 3.63) is 42.1 Å². The Balaban J connectivity index is 2.13. The number of carbonyl (C=O) groups is 1. The molecule has 5 nitrogen and oxygen atoms in total. The minimum Gasteiger partial charge on any atom is -0.387 e. The molecule has 1 atom stereocenters.